The summed E-state index contributed by atoms with van der Waals surface area (Å²) in [6.45, 7) is 4.55. The lowest BCUT2D eigenvalue weighted by Crippen LogP contribution is -2.49. The number of aromatic nitrogens is 3. The number of methoxy groups -OCH3 is 1. The van der Waals surface area contributed by atoms with E-state index in [0.29, 0.717) is 11.8 Å². The van der Waals surface area contributed by atoms with Crippen molar-refractivity contribution in [2.24, 2.45) is 11.8 Å². The number of nitrogens with zero attached hydrogens (tertiary/aromatic N) is 4. The first-order valence-electron chi connectivity index (χ1n) is 11.0. The molecule has 1 aliphatic carbocycles. The lowest BCUT2D eigenvalue weighted by molar-refractivity contribution is -0.121. The monoisotopic (exact) mass is 419 g/mol. The summed E-state index contributed by atoms with van der Waals surface area (Å²) in [4.78, 5) is 18.8. The normalized spacial score (nSPS) is 26.1. The Morgan fingerprint density at radius 1 is 1.16 bits per heavy atom. The van der Waals surface area contributed by atoms with E-state index in [1.807, 2.05) is 35.1 Å². The van der Waals surface area contributed by atoms with Crippen molar-refractivity contribution in [1.29, 1.82) is 0 Å². The van der Waals surface area contributed by atoms with Crippen molar-refractivity contribution >= 4 is 11.6 Å². The first kappa shape index (κ1) is 20.2. The minimum absolute atomic E-state index is 0.0221. The molecule has 1 aliphatic heterocycles. The molecule has 2 aliphatic rings. The fourth-order valence-electron chi connectivity index (χ4n) is 5.39. The zero-order chi connectivity index (χ0) is 21.4. The number of hydrogen-bond donors (Lipinski definition) is 1. The van der Waals surface area contributed by atoms with Gasteiger partial charge in [-0.1, -0.05) is 30.3 Å². The van der Waals surface area contributed by atoms with E-state index in [9.17, 15) is 4.79 Å². The summed E-state index contributed by atoms with van der Waals surface area (Å²) in [5, 5.41) is 7.63. The molecule has 0 spiro atoms. The average Bonchev–Trinajstić information content (AvgIpc) is 3.36. The largest absolute Gasteiger partial charge is 0.379 e. The fourth-order valence-corrected chi connectivity index (χ4v) is 5.39. The van der Waals surface area contributed by atoms with E-state index in [2.05, 4.69) is 33.6 Å². The van der Waals surface area contributed by atoms with Gasteiger partial charge in [-0.05, 0) is 30.2 Å². The molecular weight excluding hydrogens is 390 g/mol. The van der Waals surface area contributed by atoms with Gasteiger partial charge in [-0.25, -0.2) is 9.50 Å². The third-order valence-electron chi connectivity index (χ3n) is 6.78. The van der Waals surface area contributed by atoms with Crippen molar-refractivity contribution in [3.63, 3.8) is 0 Å². The van der Waals surface area contributed by atoms with Crippen LogP contribution < -0.4 is 5.32 Å². The van der Waals surface area contributed by atoms with E-state index in [1.165, 1.54) is 0 Å². The van der Waals surface area contributed by atoms with Gasteiger partial charge < -0.3 is 10.1 Å². The van der Waals surface area contributed by atoms with Gasteiger partial charge in [-0.2, -0.15) is 5.10 Å². The summed E-state index contributed by atoms with van der Waals surface area (Å²) in [5.41, 5.74) is 4.22. The van der Waals surface area contributed by atoms with Crippen molar-refractivity contribution in [3.05, 3.63) is 54.5 Å². The SMILES string of the molecule is CO[C@@H]1C[C@H]2CN(Cc3cnc4c(-c5ccccc5)cnn4c3)C[C@H]2C[C@H]1NC(C)=O. The minimum Gasteiger partial charge on any atom is -0.379 e. The predicted octanol–water partition coefficient (Wildman–Crippen LogP) is 2.76. The predicted molar refractivity (Wildman–Crippen MR) is 118 cm³/mol. The Morgan fingerprint density at radius 3 is 2.68 bits per heavy atom. The van der Waals surface area contributed by atoms with Crippen LogP contribution >= 0.6 is 0 Å². The van der Waals surface area contributed by atoms with Gasteiger partial charge in [0.25, 0.3) is 0 Å². The topological polar surface area (TPSA) is 71.8 Å². The Kier molecular flexibility index (Phi) is 5.46. The summed E-state index contributed by atoms with van der Waals surface area (Å²) in [5.74, 6) is 1.23. The van der Waals surface area contributed by atoms with Crippen LogP contribution in [0.15, 0.2) is 48.9 Å². The van der Waals surface area contributed by atoms with Crippen LogP contribution in [0.2, 0.25) is 0 Å². The summed E-state index contributed by atoms with van der Waals surface area (Å²) in [7, 11) is 1.75. The van der Waals surface area contributed by atoms with Crippen LogP contribution in [-0.2, 0) is 16.1 Å². The Labute approximate surface area is 182 Å². The van der Waals surface area contributed by atoms with E-state index in [1.54, 1.807) is 14.0 Å². The highest BCUT2D eigenvalue weighted by atomic mass is 16.5. The van der Waals surface area contributed by atoms with Crippen molar-refractivity contribution < 1.29 is 9.53 Å². The quantitative estimate of drug-likeness (QED) is 0.689. The summed E-state index contributed by atoms with van der Waals surface area (Å²) < 4.78 is 7.58. The lowest BCUT2D eigenvalue weighted by Gasteiger charge is -2.37. The van der Waals surface area contributed by atoms with Crippen LogP contribution in [0.1, 0.15) is 25.3 Å². The van der Waals surface area contributed by atoms with Gasteiger partial charge in [0.1, 0.15) is 0 Å². The molecule has 1 saturated carbocycles. The molecule has 31 heavy (non-hydrogen) atoms. The van der Waals surface area contributed by atoms with Gasteiger partial charge in [0, 0.05) is 57.2 Å². The maximum atomic E-state index is 11.6. The highest BCUT2D eigenvalue weighted by molar-refractivity contribution is 5.76. The number of hydrogen-bond acceptors (Lipinski definition) is 5. The second-order valence-electron chi connectivity index (χ2n) is 8.92. The van der Waals surface area contributed by atoms with Crippen molar-refractivity contribution in [2.75, 3.05) is 20.2 Å². The number of benzene rings is 1. The maximum Gasteiger partial charge on any atom is 0.217 e. The fraction of sp³-hybridized carbons (Fsp3) is 0.458. The molecule has 0 unspecified atom stereocenters. The number of carbonyl (C=O) groups is 1. The standard InChI is InChI=1S/C24H29N5O2/c1-16(30)27-22-8-19-14-28(15-20(19)9-23(22)31-2)12-17-10-25-24-21(11-26-29(24)13-17)18-6-4-3-5-7-18/h3-7,10-11,13,19-20,22-23H,8-9,12,14-15H2,1-2H3,(H,27,30)/t19-,20+,22-,23-/m1/s1. The van der Waals surface area contributed by atoms with Crippen LogP contribution in [0, 0.1) is 11.8 Å². The number of ether oxygens (including phenoxy) is 1. The molecule has 1 amide bonds. The Morgan fingerprint density at radius 2 is 1.94 bits per heavy atom. The van der Waals surface area contributed by atoms with E-state index >= 15 is 0 Å². The molecule has 2 aromatic heterocycles. The number of rotatable bonds is 5. The summed E-state index contributed by atoms with van der Waals surface area (Å²) in [6.07, 6.45) is 8.04. The number of nitrogens with one attached hydrogen (secondary N) is 1. The summed E-state index contributed by atoms with van der Waals surface area (Å²) >= 11 is 0. The molecule has 3 heterocycles. The highest BCUT2D eigenvalue weighted by Gasteiger charge is 2.42. The van der Waals surface area contributed by atoms with Crippen molar-refractivity contribution in [2.45, 2.75) is 38.5 Å². The second kappa shape index (κ2) is 8.40. The zero-order valence-corrected chi connectivity index (χ0v) is 18.1. The molecule has 4 atom stereocenters. The van der Waals surface area contributed by atoms with Gasteiger partial charge in [0.15, 0.2) is 5.65 Å². The van der Waals surface area contributed by atoms with E-state index in [0.717, 1.165) is 54.8 Å². The second-order valence-corrected chi connectivity index (χ2v) is 8.92. The molecule has 7 heteroatoms. The zero-order valence-electron chi connectivity index (χ0n) is 18.1. The van der Waals surface area contributed by atoms with Crippen LogP contribution in [0.25, 0.3) is 16.8 Å². The lowest BCUT2D eigenvalue weighted by atomic mass is 9.77. The third-order valence-corrected chi connectivity index (χ3v) is 6.78. The molecule has 0 bridgehead atoms. The molecule has 3 aromatic rings. The first-order valence-corrected chi connectivity index (χ1v) is 11.0. The van der Waals surface area contributed by atoms with Crippen molar-refractivity contribution in [1.82, 2.24) is 24.8 Å². The molecule has 5 rings (SSSR count). The minimum atomic E-state index is 0.0221. The maximum absolute atomic E-state index is 11.6. The highest BCUT2D eigenvalue weighted by Crippen LogP contribution is 2.38. The third kappa shape index (κ3) is 4.07. The van der Waals surface area contributed by atoms with Crippen LogP contribution in [0.3, 0.4) is 0 Å². The van der Waals surface area contributed by atoms with Crippen molar-refractivity contribution in [3.8, 4) is 11.1 Å². The van der Waals surface area contributed by atoms with E-state index in [4.69, 9.17) is 9.72 Å². The number of carbonyl (C=O) groups excluding carboxylic acids is 1. The Bertz CT molecular complexity index is 1070. The van der Waals surface area contributed by atoms with Crippen LogP contribution in [0.4, 0.5) is 0 Å². The smallest absolute Gasteiger partial charge is 0.217 e. The molecule has 7 nitrogen and oxygen atoms in total. The van der Waals surface area contributed by atoms with Gasteiger partial charge in [0.05, 0.1) is 18.3 Å². The van der Waals surface area contributed by atoms with E-state index < -0.39 is 0 Å². The molecule has 162 valence electrons. The molecule has 1 saturated heterocycles. The number of fused-ring (bicyclic) bond motifs is 2. The first-order chi connectivity index (χ1) is 15.1. The summed E-state index contributed by atoms with van der Waals surface area (Å²) in [6, 6.07) is 10.4. The van der Waals surface area contributed by atoms with Gasteiger partial charge in [0.2, 0.25) is 5.91 Å². The van der Waals surface area contributed by atoms with E-state index in [-0.39, 0.29) is 18.1 Å². The van der Waals surface area contributed by atoms with Gasteiger partial charge in [-0.3, -0.25) is 9.69 Å². The molecule has 1 aromatic carbocycles. The van der Waals surface area contributed by atoms with Gasteiger partial charge in [-0.15, -0.1) is 0 Å². The molecular formula is C24H29N5O2. The molecule has 2 fully saturated rings. The average molecular weight is 420 g/mol. The Hall–Kier alpha value is -2.77. The Balaban J connectivity index is 1.28. The van der Waals surface area contributed by atoms with Gasteiger partial charge >= 0.3 is 0 Å². The number of likely N-dealkylation sites (tertiary alicyclic amines) is 1. The number of amides is 1. The molecule has 0 radical (unpaired) electrons. The molecule has 1 N–H and O–H groups in total. The van der Waals surface area contributed by atoms with Crippen LogP contribution in [-0.4, -0.2) is 57.8 Å². The van der Waals surface area contributed by atoms with Crippen LogP contribution in [0.5, 0.6) is 0 Å².